The fourth-order valence-electron chi connectivity index (χ4n) is 3.28. The van der Waals surface area contributed by atoms with Gasteiger partial charge in [-0.3, -0.25) is 0 Å². The Hall–Kier alpha value is -4.14. The number of halogens is 4. The zero-order valence-corrected chi connectivity index (χ0v) is 20.8. The van der Waals surface area contributed by atoms with E-state index in [0.717, 1.165) is 42.7 Å². The van der Waals surface area contributed by atoms with Crippen LogP contribution in [0.25, 0.3) is 0 Å². The van der Waals surface area contributed by atoms with Crippen molar-refractivity contribution >= 4 is 23.1 Å². The van der Waals surface area contributed by atoms with Gasteiger partial charge < -0.3 is 0 Å². The minimum atomic E-state index is -1.02. The third-order valence-corrected chi connectivity index (χ3v) is 5.26. The molecule has 0 aliphatic rings. The summed E-state index contributed by atoms with van der Waals surface area (Å²) in [5.41, 5.74) is 0.401. The van der Waals surface area contributed by atoms with Crippen LogP contribution in [-0.4, -0.2) is 5.16 Å². The topological polar surface area (TPSA) is 12.4 Å². The molecule has 3 aromatic carbocycles. The lowest BCUT2D eigenvalue weighted by Gasteiger charge is -2.00. The van der Waals surface area contributed by atoms with E-state index in [1.54, 1.807) is 12.1 Å². The highest BCUT2D eigenvalue weighted by molar-refractivity contribution is 7.78. The van der Waals surface area contributed by atoms with Gasteiger partial charge >= 0.3 is 0 Å². The van der Waals surface area contributed by atoms with Crippen molar-refractivity contribution in [2.24, 2.45) is 4.99 Å². The molecule has 0 spiro atoms. The summed E-state index contributed by atoms with van der Waals surface area (Å²) < 4.78 is 56.9. The molecule has 37 heavy (non-hydrogen) atoms. The molecule has 0 saturated carbocycles. The molecule has 0 bridgehead atoms. The maximum absolute atomic E-state index is 14.5. The van der Waals surface area contributed by atoms with Crippen molar-refractivity contribution < 1.29 is 17.6 Å². The second-order valence-corrected chi connectivity index (χ2v) is 8.18. The average molecular weight is 516 g/mol. The fourth-order valence-corrected chi connectivity index (χ4v) is 3.37. The summed E-state index contributed by atoms with van der Waals surface area (Å²) in [5.74, 6) is 12.6. The summed E-state index contributed by atoms with van der Waals surface area (Å²) in [4.78, 5) is 3.30. The Morgan fingerprint density at radius 1 is 0.649 bits per heavy atom. The van der Waals surface area contributed by atoms with Gasteiger partial charge in [-0.2, -0.15) is 4.99 Å². The van der Waals surface area contributed by atoms with Crippen LogP contribution in [0, 0.1) is 58.8 Å². The van der Waals surface area contributed by atoms with Crippen molar-refractivity contribution in [3.63, 3.8) is 0 Å². The van der Waals surface area contributed by atoms with Gasteiger partial charge in [0.1, 0.15) is 17.3 Å². The van der Waals surface area contributed by atoms with E-state index in [0.29, 0.717) is 5.56 Å². The van der Waals surface area contributed by atoms with E-state index in [2.05, 4.69) is 59.7 Å². The van der Waals surface area contributed by atoms with Crippen LogP contribution in [0.4, 0.5) is 23.2 Å². The molecule has 0 heterocycles. The Labute approximate surface area is 219 Å². The monoisotopic (exact) mass is 515 g/mol. The van der Waals surface area contributed by atoms with Crippen LogP contribution in [0.2, 0.25) is 0 Å². The Balaban J connectivity index is 1.72. The number of aliphatic imine (C=N–C) groups is 1. The van der Waals surface area contributed by atoms with Crippen LogP contribution in [0.5, 0.6) is 0 Å². The summed E-state index contributed by atoms with van der Waals surface area (Å²) in [6.07, 6.45) is 5.56. The van der Waals surface area contributed by atoms with Gasteiger partial charge in [-0.15, -0.1) is 0 Å². The molecule has 0 saturated heterocycles. The average Bonchev–Trinajstić information content (AvgIpc) is 2.87. The van der Waals surface area contributed by atoms with Gasteiger partial charge in [0.2, 0.25) is 0 Å². The van der Waals surface area contributed by atoms with E-state index in [1.165, 1.54) is 19.3 Å². The number of hydrogen-bond acceptors (Lipinski definition) is 2. The van der Waals surface area contributed by atoms with Crippen LogP contribution < -0.4 is 0 Å². The Morgan fingerprint density at radius 3 is 1.73 bits per heavy atom. The summed E-state index contributed by atoms with van der Waals surface area (Å²) in [5, 5.41) is 1.88. The van der Waals surface area contributed by atoms with Gasteiger partial charge in [-0.05, 0) is 67.2 Å². The summed E-state index contributed by atoms with van der Waals surface area (Å²) in [6.45, 7) is 2.17. The highest BCUT2D eigenvalue weighted by atomic mass is 32.1. The molecule has 0 radical (unpaired) electrons. The number of unbranched alkanes of at least 4 members (excludes halogenated alkanes) is 4. The zero-order valence-electron chi connectivity index (χ0n) is 20.0. The predicted octanol–water partition coefficient (Wildman–Crippen LogP) is 8.10. The first-order valence-electron chi connectivity index (χ1n) is 11.6. The molecule has 3 aromatic rings. The van der Waals surface area contributed by atoms with Gasteiger partial charge in [0.25, 0.3) is 0 Å². The lowest BCUT2D eigenvalue weighted by molar-refractivity contribution is 0.577. The molecule has 0 fully saturated rings. The molecule has 0 atom stereocenters. The molecule has 0 aromatic heterocycles. The number of rotatable bonds is 5. The quantitative estimate of drug-likeness (QED) is 0.110. The smallest absolute Gasteiger partial charge is 0.153 e. The highest BCUT2D eigenvalue weighted by Gasteiger charge is 2.11. The summed E-state index contributed by atoms with van der Waals surface area (Å²) in [6, 6.07) is 11.2. The predicted molar refractivity (Wildman–Crippen MR) is 141 cm³/mol. The zero-order chi connectivity index (χ0) is 26.6. The normalized spacial score (nSPS) is 9.65. The standard InChI is InChI=1S/C31H21F4NS/c1-2-3-4-5-6-7-8-22-9-11-23(12-10-22)13-14-24-17-27(32)26(28(33)18-24)16-15-25-19-29(34)31(36-21-37)30(35)20-25/h9-12,17-20H,2-6H2,1H3. The van der Waals surface area contributed by atoms with Crippen molar-refractivity contribution in [2.75, 3.05) is 0 Å². The minimum Gasteiger partial charge on any atom is -0.205 e. The van der Waals surface area contributed by atoms with Gasteiger partial charge in [0, 0.05) is 28.7 Å². The van der Waals surface area contributed by atoms with Gasteiger partial charge in [0.15, 0.2) is 11.6 Å². The number of isothiocyanates is 1. The van der Waals surface area contributed by atoms with Gasteiger partial charge in [-0.25, -0.2) is 17.6 Å². The van der Waals surface area contributed by atoms with E-state index in [4.69, 9.17) is 0 Å². The largest absolute Gasteiger partial charge is 0.205 e. The summed E-state index contributed by atoms with van der Waals surface area (Å²) >= 11 is 4.34. The molecule has 184 valence electrons. The second-order valence-electron chi connectivity index (χ2n) is 8.00. The Bertz CT molecular complexity index is 1470. The molecule has 1 nitrogen and oxygen atoms in total. The third-order valence-electron chi connectivity index (χ3n) is 5.17. The van der Waals surface area contributed by atoms with Crippen LogP contribution in [0.15, 0.2) is 53.5 Å². The van der Waals surface area contributed by atoms with Crippen LogP contribution >= 0.6 is 12.2 Å². The van der Waals surface area contributed by atoms with Crippen LogP contribution in [-0.2, 0) is 0 Å². The van der Waals surface area contributed by atoms with Crippen molar-refractivity contribution in [3.8, 4) is 35.5 Å². The molecular weight excluding hydrogens is 494 g/mol. The van der Waals surface area contributed by atoms with E-state index in [-0.39, 0.29) is 11.1 Å². The van der Waals surface area contributed by atoms with Crippen molar-refractivity contribution in [1.82, 2.24) is 0 Å². The van der Waals surface area contributed by atoms with E-state index in [9.17, 15) is 17.6 Å². The van der Waals surface area contributed by atoms with E-state index < -0.39 is 34.5 Å². The van der Waals surface area contributed by atoms with Crippen molar-refractivity contribution in [3.05, 3.63) is 99.6 Å². The molecule has 0 N–H and O–H groups in total. The lowest BCUT2D eigenvalue weighted by atomic mass is 10.1. The fraction of sp³-hybridized carbons (Fsp3) is 0.194. The Morgan fingerprint density at radius 2 is 1.16 bits per heavy atom. The van der Waals surface area contributed by atoms with Gasteiger partial charge in [0.05, 0.1) is 10.7 Å². The van der Waals surface area contributed by atoms with Gasteiger partial charge in [-0.1, -0.05) is 61.7 Å². The molecule has 0 aliphatic carbocycles. The molecule has 0 aliphatic heterocycles. The SMILES string of the molecule is CCCCCCC#Cc1ccc(C#Cc2cc(F)c(C#Cc3cc(F)c(N=C=S)c(F)c3)c(F)c2)cc1. The number of nitrogens with zero attached hydrogens (tertiary/aromatic N) is 1. The maximum atomic E-state index is 14.5. The third kappa shape index (κ3) is 8.20. The molecule has 3 rings (SSSR count). The molecule has 0 amide bonds. The molecule has 6 heteroatoms. The number of hydrogen-bond donors (Lipinski definition) is 0. The first-order valence-corrected chi connectivity index (χ1v) is 12.0. The lowest BCUT2D eigenvalue weighted by Crippen LogP contribution is -1.93. The maximum Gasteiger partial charge on any atom is 0.153 e. The minimum absolute atomic E-state index is 0.120. The first-order chi connectivity index (χ1) is 17.9. The number of thiocarbonyl (C=S) groups is 1. The second kappa shape index (κ2) is 13.8. The molecule has 0 unspecified atom stereocenters. The first kappa shape index (κ1) is 27.4. The molecular formula is C31H21F4NS. The van der Waals surface area contributed by atoms with Crippen LogP contribution in [0.3, 0.4) is 0 Å². The Kier molecular flexibility index (Phi) is 10.3. The van der Waals surface area contributed by atoms with E-state index in [1.807, 2.05) is 17.3 Å². The van der Waals surface area contributed by atoms with Crippen molar-refractivity contribution in [2.45, 2.75) is 39.0 Å². The van der Waals surface area contributed by atoms with Crippen LogP contribution in [0.1, 0.15) is 66.8 Å². The number of benzene rings is 3. The van der Waals surface area contributed by atoms with E-state index >= 15 is 0 Å². The highest BCUT2D eigenvalue weighted by Crippen LogP contribution is 2.23. The summed E-state index contributed by atoms with van der Waals surface area (Å²) in [7, 11) is 0. The van der Waals surface area contributed by atoms with Crippen molar-refractivity contribution in [1.29, 1.82) is 0 Å².